The molecular formula is C11H11BrN2O. The van der Waals surface area contributed by atoms with Crippen molar-refractivity contribution in [3.8, 4) is 6.07 Å². The van der Waals surface area contributed by atoms with Crippen LogP contribution in [0.5, 0.6) is 0 Å². The molecule has 1 aromatic heterocycles. The van der Waals surface area contributed by atoms with Crippen molar-refractivity contribution in [2.24, 2.45) is 0 Å². The van der Waals surface area contributed by atoms with E-state index in [4.69, 9.17) is 4.74 Å². The van der Waals surface area contributed by atoms with E-state index in [0.717, 1.165) is 23.0 Å². The highest BCUT2D eigenvalue weighted by Crippen LogP contribution is 2.36. The van der Waals surface area contributed by atoms with Crippen molar-refractivity contribution in [1.29, 1.82) is 5.26 Å². The van der Waals surface area contributed by atoms with Crippen LogP contribution in [0.1, 0.15) is 18.5 Å². The first-order chi connectivity index (χ1) is 7.28. The van der Waals surface area contributed by atoms with E-state index in [0.29, 0.717) is 13.2 Å². The molecule has 0 amide bonds. The van der Waals surface area contributed by atoms with Crippen LogP contribution in [0, 0.1) is 11.3 Å². The van der Waals surface area contributed by atoms with E-state index in [9.17, 15) is 5.26 Å². The topological polar surface area (TPSA) is 45.9 Å². The minimum absolute atomic E-state index is 0.474. The largest absolute Gasteiger partial charge is 0.381 e. The fourth-order valence-electron chi connectivity index (χ4n) is 1.86. The molecule has 1 aliphatic rings. The van der Waals surface area contributed by atoms with Crippen LogP contribution in [0.15, 0.2) is 22.8 Å². The molecule has 1 saturated heterocycles. The standard InChI is InChI=1S/C11H11BrN2O/c12-9-2-1-5-14-10(9)11(8-13)3-6-15-7-4-11/h1-2,5H,3-4,6-7H2. The Morgan fingerprint density at radius 3 is 2.80 bits per heavy atom. The Hall–Kier alpha value is -0.920. The zero-order valence-electron chi connectivity index (χ0n) is 8.24. The molecule has 0 unspecified atom stereocenters. The fraction of sp³-hybridized carbons (Fsp3) is 0.455. The second-order valence-electron chi connectivity index (χ2n) is 3.64. The highest BCUT2D eigenvalue weighted by molar-refractivity contribution is 9.10. The van der Waals surface area contributed by atoms with Crippen LogP contribution < -0.4 is 0 Å². The van der Waals surface area contributed by atoms with Crippen LogP contribution >= 0.6 is 15.9 Å². The molecule has 15 heavy (non-hydrogen) atoms. The Morgan fingerprint density at radius 2 is 2.20 bits per heavy atom. The first kappa shape index (κ1) is 10.6. The molecule has 1 aliphatic heterocycles. The molecule has 2 rings (SSSR count). The lowest BCUT2D eigenvalue weighted by molar-refractivity contribution is 0.0661. The molecule has 78 valence electrons. The van der Waals surface area contributed by atoms with Crippen LogP contribution in [0.2, 0.25) is 0 Å². The van der Waals surface area contributed by atoms with Gasteiger partial charge in [-0.1, -0.05) is 0 Å². The lowest BCUT2D eigenvalue weighted by atomic mass is 9.78. The van der Waals surface area contributed by atoms with Gasteiger partial charge in [-0.3, -0.25) is 4.98 Å². The molecule has 0 N–H and O–H groups in total. The van der Waals surface area contributed by atoms with Gasteiger partial charge in [-0.25, -0.2) is 0 Å². The Balaban J connectivity index is 2.42. The summed E-state index contributed by atoms with van der Waals surface area (Å²) in [5.41, 5.74) is 0.369. The summed E-state index contributed by atoms with van der Waals surface area (Å²) in [4.78, 5) is 4.32. The maximum Gasteiger partial charge on any atom is 0.105 e. The number of pyridine rings is 1. The van der Waals surface area contributed by atoms with Gasteiger partial charge in [0.15, 0.2) is 0 Å². The van der Waals surface area contributed by atoms with Crippen LogP contribution in [0.25, 0.3) is 0 Å². The summed E-state index contributed by atoms with van der Waals surface area (Å²) < 4.78 is 6.20. The quantitative estimate of drug-likeness (QED) is 0.785. The monoisotopic (exact) mass is 266 g/mol. The first-order valence-corrected chi connectivity index (χ1v) is 5.68. The van der Waals surface area contributed by atoms with Crippen LogP contribution in [0.3, 0.4) is 0 Å². The lowest BCUT2D eigenvalue weighted by Gasteiger charge is -2.30. The number of halogens is 1. The molecule has 0 aromatic carbocycles. The predicted molar refractivity (Wildman–Crippen MR) is 59.3 cm³/mol. The third-order valence-corrected chi connectivity index (χ3v) is 3.41. The van der Waals surface area contributed by atoms with Crippen molar-refractivity contribution >= 4 is 15.9 Å². The minimum atomic E-state index is -0.474. The van der Waals surface area contributed by atoms with Gasteiger partial charge in [-0.05, 0) is 40.9 Å². The third kappa shape index (κ3) is 1.90. The van der Waals surface area contributed by atoms with E-state index >= 15 is 0 Å². The Labute approximate surface area is 97.2 Å². The molecule has 0 radical (unpaired) electrons. The van der Waals surface area contributed by atoms with Crippen molar-refractivity contribution in [1.82, 2.24) is 4.98 Å². The van der Waals surface area contributed by atoms with Crippen LogP contribution in [0.4, 0.5) is 0 Å². The summed E-state index contributed by atoms with van der Waals surface area (Å²) in [5, 5.41) is 9.35. The number of ether oxygens (including phenoxy) is 1. The molecule has 0 atom stereocenters. The SMILES string of the molecule is N#CC1(c2ncccc2Br)CCOCC1. The van der Waals surface area contributed by atoms with E-state index in [2.05, 4.69) is 27.0 Å². The van der Waals surface area contributed by atoms with Gasteiger partial charge in [0.1, 0.15) is 5.41 Å². The van der Waals surface area contributed by atoms with Crippen molar-refractivity contribution in [3.63, 3.8) is 0 Å². The van der Waals surface area contributed by atoms with Crippen molar-refractivity contribution < 1.29 is 4.74 Å². The highest BCUT2D eigenvalue weighted by Gasteiger charge is 2.37. The number of aromatic nitrogens is 1. The van der Waals surface area contributed by atoms with Crippen molar-refractivity contribution in [2.75, 3.05) is 13.2 Å². The van der Waals surface area contributed by atoms with Crippen LogP contribution in [-0.4, -0.2) is 18.2 Å². The zero-order chi connectivity index (χ0) is 10.7. The van der Waals surface area contributed by atoms with E-state index < -0.39 is 5.41 Å². The number of nitrogens with zero attached hydrogens (tertiary/aromatic N) is 2. The van der Waals surface area contributed by atoms with Crippen molar-refractivity contribution in [3.05, 3.63) is 28.5 Å². The summed E-state index contributed by atoms with van der Waals surface area (Å²) in [5.74, 6) is 0. The minimum Gasteiger partial charge on any atom is -0.381 e. The van der Waals surface area contributed by atoms with Crippen molar-refractivity contribution in [2.45, 2.75) is 18.3 Å². The van der Waals surface area contributed by atoms with Gasteiger partial charge in [-0.2, -0.15) is 5.26 Å². The maximum atomic E-state index is 9.35. The van der Waals surface area contributed by atoms with Gasteiger partial charge in [0, 0.05) is 23.9 Å². The highest BCUT2D eigenvalue weighted by atomic mass is 79.9. The second-order valence-corrected chi connectivity index (χ2v) is 4.49. The predicted octanol–water partition coefficient (Wildman–Crippen LogP) is 2.42. The average Bonchev–Trinajstić information content (AvgIpc) is 2.30. The van der Waals surface area contributed by atoms with Gasteiger partial charge < -0.3 is 4.74 Å². The molecule has 0 saturated carbocycles. The fourth-order valence-corrected chi connectivity index (χ4v) is 2.49. The zero-order valence-corrected chi connectivity index (χ0v) is 9.83. The molecule has 1 fully saturated rings. The molecule has 0 bridgehead atoms. The number of hydrogen-bond donors (Lipinski definition) is 0. The molecule has 0 aliphatic carbocycles. The summed E-state index contributed by atoms with van der Waals surface area (Å²) >= 11 is 3.45. The first-order valence-electron chi connectivity index (χ1n) is 4.88. The summed E-state index contributed by atoms with van der Waals surface area (Å²) in [6.45, 7) is 1.27. The summed E-state index contributed by atoms with van der Waals surface area (Å²) in [6.07, 6.45) is 3.17. The van der Waals surface area contributed by atoms with Gasteiger partial charge in [-0.15, -0.1) is 0 Å². The lowest BCUT2D eigenvalue weighted by Crippen LogP contribution is -2.33. The maximum absolute atomic E-state index is 9.35. The van der Waals surface area contributed by atoms with E-state index in [1.807, 2.05) is 12.1 Å². The third-order valence-electron chi connectivity index (χ3n) is 2.77. The molecule has 4 heteroatoms. The molecule has 3 nitrogen and oxygen atoms in total. The normalized spacial score (nSPS) is 19.5. The smallest absolute Gasteiger partial charge is 0.105 e. The van der Waals surface area contributed by atoms with Gasteiger partial charge in [0.25, 0.3) is 0 Å². The Kier molecular flexibility index (Phi) is 3.03. The number of nitriles is 1. The van der Waals surface area contributed by atoms with Gasteiger partial charge >= 0.3 is 0 Å². The van der Waals surface area contributed by atoms with E-state index in [-0.39, 0.29) is 0 Å². The second kappa shape index (κ2) is 4.30. The Bertz CT molecular complexity index is 394. The van der Waals surface area contributed by atoms with E-state index in [1.165, 1.54) is 0 Å². The van der Waals surface area contributed by atoms with Crippen LogP contribution in [-0.2, 0) is 10.2 Å². The molecule has 1 aromatic rings. The molecular weight excluding hydrogens is 256 g/mol. The summed E-state index contributed by atoms with van der Waals surface area (Å²) in [7, 11) is 0. The van der Waals surface area contributed by atoms with Gasteiger partial charge in [0.2, 0.25) is 0 Å². The number of hydrogen-bond acceptors (Lipinski definition) is 3. The Morgan fingerprint density at radius 1 is 1.47 bits per heavy atom. The number of rotatable bonds is 1. The van der Waals surface area contributed by atoms with Gasteiger partial charge in [0.05, 0.1) is 11.8 Å². The summed E-state index contributed by atoms with van der Waals surface area (Å²) in [6, 6.07) is 6.19. The van der Waals surface area contributed by atoms with E-state index in [1.54, 1.807) is 6.20 Å². The molecule has 0 spiro atoms. The molecule has 2 heterocycles. The average molecular weight is 267 g/mol.